The third-order valence-corrected chi connectivity index (χ3v) is 10.0. The smallest absolute Gasteiger partial charge is 0.287 e. The monoisotopic (exact) mass is 571 g/mol. The fourth-order valence-corrected chi connectivity index (χ4v) is 7.55. The van der Waals surface area contributed by atoms with Gasteiger partial charge in [0.05, 0.1) is 6.61 Å². The summed E-state index contributed by atoms with van der Waals surface area (Å²) in [6.45, 7) is 18.6. The fourth-order valence-electron chi connectivity index (χ4n) is 6.45. The zero-order valence-corrected chi connectivity index (χ0v) is 26.7. The highest BCUT2D eigenvalue weighted by Crippen LogP contribution is 2.46. The Kier molecular flexibility index (Phi) is 10.2. The van der Waals surface area contributed by atoms with Crippen molar-refractivity contribution < 1.29 is 14.4 Å². The number of fused-ring (bicyclic) bond motifs is 1. The standard InChI is InChI=1S/C36H47N2O2S/c1-24(2)19-28-22-41-35-30(28)15-12-16-31(35)33-20-27(6)38(23-37-33)34(26(5)21-39)32(17-18-40-8)36(7,25(3)4)29-13-10-9-11-14-29/h9-16,20,22-25,32,34,39H,5,17-19,21H2,1-4,6-8H3/q+1. The Labute approximate surface area is 250 Å². The molecule has 5 heteroatoms. The average molecular weight is 572 g/mol. The van der Waals surface area contributed by atoms with E-state index in [4.69, 9.17) is 9.72 Å². The van der Waals surface area contributed by atoms with E-state index >= 15 is 0 Å². The minimum atomic E-state index is -0.198. The Balaban J connectivity index is 1.84. The summed E-state index contributed by atoms with van der Waals surface area (Å²) in [5, 5.41) is 14.1. The Morgan fingerprint density at radius 2 is 1.83 bits per heavy atom. The molecule has 3 unspecified atom stereocenters. The molecule has 0 radical (unpaired) electrons. The molecule has 0 bridgehead atoms. The molecular weight excluding hydrogens is 524 g/mol. The predicted molar refractivity (Wildman–Crippen MR) is 172 cm³/mol. The molecule has 1 N–H and O–H groups in total. The third-order valence-electron chi connectivity index (χ3n) is 8.96. The molecular formula is C36H47N2O2S+. The highest BCUT2D eigenvalue weighted by Gasteiger charge is 2.46. The lowest BCUT2D eigenvalue weighted by Gasteiger charge is -2.45. The van der Waals surface area contributed by atoms with Gasteiger partial charge in [0, 0.05) is 41.4 Å². The summed E-state index contributed by atoms with van der Waals surface area (Å²) >= 11 is 1.81. The van der Waals surface area contributed by atoms with Gasteiger partial charge in [0.1, 0.15) is 11.7 Å². The van der Waals surface area contributed by atoms with Gasteiger partial charge >= 0.3 is 0 Å². The van der Waals surface area contributed by atoms with Crippen LogP contribution < -0.4 is 4.57 Å². The number of hydrogen-bond donors (Lipinski definition) is 1. The quantitative estimate of drug-likeness (QED) is 0.130. The minimum absolute atomic E-state index is 0.0849. The number of aromatic nitrogens is 2. The van der Waals surface area contributed by atoms with E-state index in [2.05, 4.69) is 113 Å². The van der Waals surface area contributed by atoms with Crippen molar-refractivity contribution in [3.63, 3.8) is 0 Å². The summed E-state index contributed by atoms with van der Waals surface area (Å²) in [5.41, 5.74) is 6.52. The molecule has 0 aliphatic heterocycles. The van der Waals surface area contributed by atoms with Crippen molar-refractivity contribution in [3.8, 4) is 11.3 Å². The predicted octanol–water partition coefficient (Wildman–Crippen LogP) is 8.11. The van der Waals surface area contributed by atoms with Crippen LogP contribution in [0, 0.1) is 24.7 Å². The molecule has 0 spiro atoms. The lowest BCUT2D eigenvalue weighted by Crippen LogP contribution is -2.54. The van der Waals surface area contributed by atoms with Gasteiger partial charge in [-0.25, -0.2) is 4.57 Å². The normalized spacial score (nSPS) is 14.9. The number of benzene rings is 2. The Morgan fingerprint density at radius 3 is 2.44 bits per heavy atom. The third kappa shape index (κ3) is 6.33. The van der Waals surface area contributed by atoms with E-state index in [1.807, 2.05) is 17.7 Å². The van der Waals surface area contributed by atoms with Crippen molar-refractivity contribution in [3.05, 3.63) is 95.3 Å². The summed E-state index contributed by atoms with van der Waals surface area (Å²) in [5.74, 6) is 1.06. The van der Waals surface area contributed by atoms with Crippen LogP contribution in [0.25, 0.3) is 21.3 Å². The highest BCUT2D eigenvalue weighted by molar-refractivity contribution is 7.18. The zero-order chi connectivity index (χ0) is 29.7. The first kappa shape index (κ1) is 31.1. The van der Waals surface area contributed by atoms with E-state index in [-0.39, 0.29) is 24.0 Å². The van der Waals surface area contributed by atoms with Crippen molar-refractivity contribution >= 4 is 21.4 Å². The van der Waals surface area contributed by atoms with Crippen molar-refractivity contribution in [2.24, 2.45) is 17.8 Å². The zero-order valence-electron chi connectivity index (χ0n) is 25.9. The number of methoxy groups -OCH3 is 1. The van der Waals surface area contributed by atoms with Crippen molar-refractivity contribution in [2.45, 2.75) is 65.8 Å². The Morgan fingerprint density at radius 1 is 1.10 bits per heavy atom. The number of aliphatic hydroxyl groups excluding tert-OH is 1. The molecule has 4 aromatic rings. The molecule has 0 fully saturated rings. The number of ether oxygens (including phenoxy) is 1. The number of aryl methyl sites for hydroxylation is 1. The van der Waals surface area contributed by atoms with Gasteiger partial charge in [0.2, 0.25) is 0 Å². The van der Waals surface area contributed by atoms with Gasteiger partial charge in [0.25, 0.3) is 6.33 Å². The van der Waals surface area contributed by atoms with Crippen LogP contribution in [-0.2, 0) is 16.6 Å². The first-order valence-electron chi connectivity index (χ1n) is 14.8. The molecule has 0 aliphatic rings. The van der Waals surface area contributed by atoms with E-state index in [0.717, 1.165) is 29.8 Å². The number of thiophene rings is 1. The number of rotatable bonds is 13. The van der Waals surface area contributed by atoms with Crippen LogP contribution in [0.15, 0.2) is 78.5 Å². The largest absolute Gasteiger partial charge is 0.392 e. The Bertz CT molecular complexity index is 1460. The Hall–Kier alpha value is -2.86. The molecule has 0 saturated carbocycles. The van der Waals surface area contributed by atoms with Crippen LogP contribution in [0.1, 0.15) is 63.9 Å². The SMILES string of the molecule is C=C(CO)C(C(CCOC)C(C)(c1ccccc1)C(C)C)[n+]1cnc(-c2cccc3c(CC(C)C)csc23)cc1C. The van der Waals surface area contributed by atoms with Gasteiger partial charge in [-0.3, -0.25) is 0 Å². The van der Waals surface area contributed by atoms with Gasteiger partial charge in [-0.1, -0.05) is 83.7 Å². The van der Waals surface area contributed by atoms with Gasteiger partial charge in [-0.15, -0.1) is 11.3 Å². The maximum Gasteiger partial charge on any atom is 0.287 e. The summed E-state index contributed by atoms with van der Waals surface area (Å²) in [7, 11) is 1.76. The maximum atomic E-state index is 10.5. The van der Waals surface area contributed by atoms with Gasteiger partial charge in [-0.05, 0) is 70.1 Å². The molecule has 2 heterocycles. The first-order chi connectivity index (χ1) is 19.6. The van der Waals surface area contributed by atoms with Gasteiger partial charge < -0.3 is 9.84 Å². The lowest BCUT2D eigenvalue weighted by molar-refractivity contribution is -0.731. The lowest BCUT2D eigenvalue weighted by atomic mass is 9.60. The van der Waals surface area contributed by atoms with Crippen LogP contribution in [0.2, 0.25) is 0 Å². The molecule has 3 atom stereocenters. The summed E-state index contributed by atoms with van der Waals surface area (Å²) < 4.78 is 9.16. The summed E-state index contributed by atoms with van der Waals surface area (Å²) in [4.78, 5) is 5.05. The second kappa shape index (κ2) is 13.4. The van der Waals surface area contributed by atoms with Crippen LogP contribution in [0.3, 0.4) is 0 Å². The topological polar surface area (TPSA) is 46.2 Å². The van der Waals surface area contributed by atoms with E-state index in [1.165, 1.54) is 26.8 Å². The van der Waals surface area contributed by atoms with Gasteiger partial charge in [-0.2, -0.15) is 0 Å². The molecule has 41 heavy (non-hydrogen) atoms. The molecule has 0 saturated heterocycles. The summed E-state index contributed by atoms with van der Waals surface area (Å²) in [6.07, 6.45) is 3.86. The second-order valence-electron chi connectivity index (χ2n) is 12.3. The molecule has 218 valence electrons. The molecule has 0 aliphatic carbocycles. The molecule has 2 aromatic carbocycles. The molecule has 4 nitrogen and oxygen atoms in total. The van der Waals surface area contributed by atoms with E-state index in [0.29, 0.717) is 18.4 Å². The van der Waals surface area contributed by atoms with Crippen molar-refractivity contribution in [1.29, 1.82) is 0 Å². The fraction of sp³-hybridized carbons (Fsp3) is 0.444. The number of hydrogen-bond acceptors (Lipinski definition) is 4. The van der Waals surface area contributed by atoms with Crippen LogP contribution in [-0.4, -0.2) is 30.4 Å². The first-order valence-corrected chi connectivity index (χ1v) is 15.7. The number of aliphatic hydroxyl groups is 1. The number of nitrogens with zero attached hydrogens (tertiary/aromatic N) is 2. The van der Waals surface area contributed by atoms with Crippen LogP contribution in [0.4, 0.5) is 0 Å². The van der Waals surface area contributed by atoms with E-state index < -0.39 is 0 Å². The molecule has 4 rings (SSSR count). The van der Waals surface area contributed by atoms with Crippen molar-refractivity contribution in [1.82, 2.24) is 4.98 Å². The highest BCUT2D eigenvalue weighted by atomic mass is 32.1. The maximum absolute atomic E-state index is 10.5. The summed E-state index contributed by atoms with van der Waals surface area (Å²) in [6, 6.07) is 19.4. The van der Waals surface area contributed by atoms with Crippen LogP contribution in [0.5, 0.6) is 0 Å². The average Bonchev–Trinajstić information content (AvgIpc) is 3.37. The minimum Gasteiger partial charge on any atom is -0.392 e. The van der Waals surface area contributed by atoms with Crippen LogP contribution >= 0.6 is 11.3 Å². The molecule has 2 aromatic heterocycles. The second-order valence-corrected chi connectivity index (χ2v) is 13.2. The van der Waals surface area contributed by atoms with Crippen molar-refractivity contribution in [2.75, 3.05) is 20.3 Å². The molecule has 0 amide bonds. The van der Waals surface area contributed by atoms with E-state index in [1.54, 1.807) is 7.11 Å². The van der Waals surface area contributed by atoms with Gasteiger partial charge in [0.15, 0.2) is 5.69 Å². The van der Waals surface area contributed by atoms with E-state index in [9.17, 15) is 5.11 Å².